The van der Waals surface area contributed by atoms with E-state index in [0.717, 1.165) is 32.1 Å². The first-order valence-corrected chi connectivity index (χ1v) is 9.62. The minimum absolute atomic E-state index is 0.00101. The van der Waals surface area contributed by atoms with Crippen LogP contribution in [-0.2, 0) is 4.79 Å². The van der Waals surface area contributed by atoms with Crippen LogP contribution in [-0.4, -0.2) is 28.7 Å². The molecule has 0 bridgehead atoms. The van der Waals surface area contributed by atoms with E-state index < -0.39 is 0 Å². The van der Waals surface area contributed by atoms with Crippen LogP contribution in [0.25, 0.3) is 0 Å². The van der Waals surface area contributed by atoms with E-state index in [0.29, 0.717) is 18.3 Å². The minimum Gasteiger partial charge on any atom is -0.393 e. The molecule has 3 nitrogen and oxygen atoms in total. The maximum atomic E-state index is 11.9. The number of aliphatic hydroxyl groups excluding tert-OH is 2. The lowest BCUT2D eigenvalue weighted by molar-refractivity contribution is -0.124. The highest BCUT2D eigenvalue weighted by Gasteiger charge is 2.60. The third-order valence-electron chi connectivity index (χ3n) is 8.08. The number of carbonyl (C=O) groups is 1. The molecule has 0 aromatic heterocycles. The summed E-state index contributed by atoms with van der Waals surface area (Å²) in [5, 5.41) is 20.5. The van der Waals surface area contributed by atoms with Crippen molar-refractivity contribution in [2.45, 2.75) is 64.9 Å². The molecule has 4 aliphatic carbocycles. The van der Waals surface area contributed by atoms with Crippen molar-refractivity contribution < 1.29 is 15.0 Å². The van der Waals surface area contributed by atoms with Crippen LogP contribution >= 0.6 is 0 Å². The Bertz CT molecular complexity index is 619. The van der Waals surface area contributed by atoms with Crippen molar-refractivity contribution in [1.82, 2.24) is 0 Å². The van der Waals surface area contributed by atoms with Crippen molar-refractivity contribution in [1.29, 1.82) is 0 Å². The zero-order valence-corrected chi connectivity index (χ0v) is 14.9. The van der Waals surface area contributed by atoms with Gasteiger partial charge < -0.3 is 10.2 Å². The van der Waals surface area contributed by atoms with E-state index in [1.54, 1.807) is 0 Å². The summed E-state index contributed by atoms with van der Waals surface area (Å²) in [6, 6.07) is 0. The minimum atomic E-state index is -0.307. The fourth-order valence-electron chi connectivity index (χ4n) is 6.98. The molecule has 0 amide bonds. The zero-order valence-electron chi connectivity index (χ0n) is 14.9. The van der Waals surface area contributed by atoms with Gasteiger partial charge in [0, 0.05) is 6.42 Å². The van der Waals surface area contributed by atoms with E-state index in [9.17, 15) is 15.0 Å². The Morgan fingerprint density at radius 3 is 2.75 bits per heavy atom. The van der Waals surface area contributed by atoms with Crippen LogP contribution in [0.5, 0.6) is 0 Å². The third-order valence-corrected chi connectivity index (χ3v) is 8.08. The summed E-state index contributed by atoms with van der Waals surface area (Å²) in [5.41, 5.74) is 2.71. The summed E-state index contributed by atoms with van der Waals surface area (Å²) >= 11 is 0. The average molecular weight is 330 g/mol. The van der Waals surface area contributed by atoms with Crippen molar-refractivity contribution in [2.24, 2.45) is 28.6 Å². The van der Waals surface area contributed by atoms with Gasteiger partial charge >= 0.3 is 0 Å². The van der Waals surface area contributed by atoms with Gasteiger partial charge in [-0.15, -0.1) is 0 Å². The van der Waals surface area contributed by atoms with Crippen LogP contribution in [0.1, 0.15) is 58.8 Å². The van der Waals surface area contributed by atoms with Crippen molar-refractivity contribution in [2.75, 3.05) is 6.61 Å². The lowest BCUT2D eigenvalue weighted by Crippen LogP contribution is -2.55. The fourth-order valence-corrected chi connectivity index (χ4v) is 6.98. The molecule has 6 atom stereocenters. The molecule has 4 rings (SSSR count). The van der Waals surface area contributed by atoms with Gasteiger partial charge in [-0.2, -0.15) is 0 Å². The van der Waals surface area contributed by atoms with Crippen LogP contribution in [0.4, 0.5) is 0 Å². The molecule has 0 aromatic carbocycles. The number of hydrogen-bond acceptors (Lipinski definition) is 3. The van der Waals surface area contributed by atoms with Crippen LogP contribution < -0.4 is 0 Å². The first-order chi connectivity index (χ1) is 11.4. The molecular formula is C21H30O3. The molecule has 3 fully saturated rings. The van der Waals surface area contributed by atoms with Gasteiger partial charge in [-0.25, -0.2) is 0 Å². The van der Waals surface area contributed by atoms with E-state index >= 15 is 0 Å². The van der Waals surface area contributed by atoms with Crippen LogP contribution in [0.2, 0.25) is 0 Å². The summed E-state index contributed by atoms with van der Waals surface area (Å²) in [6.07, 6.45) is 10.3. The first-order valence-electron chi connectivity index (χ1n) is 9.62. The fraction of sp³-hybridized carbons (Fsp3) is 0.762. The summed E-state index contributed by atoms with van der Waals surface area (Å²) in [4.78, 5) is 11.9. The molecule has 132 valence electrons. The van der Waals surface area contributed by atoms with Crippen LogP contribution in [0, 0.1) is 28.6 Å². The Morgan fingerprint density at radius 1 is 1.21 bits per heavy atom. The number of ketones is 1. The molecule has 0 aliphatic heterocycles. The SMILES string of the molecule is C[C@]12CCC(=O)C=C1CC[C@@H]1[C@@H]2C(O)C[C@]2(C)/C(=C/CO)CC[C@@H]12. The van der Waals surface area contributed by atoms with Crippen molar-refractivity contribution >= 4 is 5.78 Å². The predicted molar refractivity (Wildman–Crippen MR) is 93.3 cm³/mol. The van der Waals surface area contributed by atoms with E-state index in [1.165, 1.54) is 17.6 Å². The normalized spacial score (nSPS) is 49.4. The van der Waals surface area contributed by atoms with Gasteiger partial charge in [0.05, 0.1) is 12.7 Å². The molecule has 4 aliphatic rings. The topological polar surface area (TPSA) is 57.5 Å². The summed E-state index contributed by atoms with van der Waals surface area (Å²) in [7, 11) is 0. The Kier molecular flexibility index (Phi) is 3.81. The number of carbonyl (C=O) groups excluding carboxylic acids is 1. The lowest BCUT2D eigenvalue weighted by Gasteiger charge is -2.59. The smallest absolute Gasteiger partial charge is 0.155 e. The maximum Gasteiger partial charge on any atom is 0.155 e. The number of aliphatic hydroxyl groups is 2. The first kappa shape index (κ1) is 16.5. The standard InChI is InChI=1S/C21H30O3/c1-20-9-7-15(23)11-14(20)3-5-16-17-6-4-13(8-10-22)21(17,2)12-18(24)19(16)20/h8,11,16-19,22,24H,3-7,9-10,12H2,1-2H3/b13-8+/t16-,17-,18?,19+,20-,21+/m0/s1. The summed E-state index contributed by atoms with van der Waals surface area (Å²) < 4.78 is 0. The Hall–Kier alpha value is -0.930. The van der Waals surface area contributed by atoms with Gasteiger partial charge in [0.2, 0.25) is 0 Å². The second kappa shape index (κ2) is 5.54. The van der Waals surface area contributed by atoms with Crippen molar-refractivity contribution in [3.05, 3.63) is 23.3 Å². The van der Waals surface area contributed by atoms with Crippen LogP contribution in [0.3, 0.4) is 0 Å². The van der Waals surface area contributed by atoms with E-state index in [2.05, 4.69) is 13.8 Å². The van der Waals surface area contributed by atoms with E-state index in [1.807, 2.05) is 12.2 Å². The van der Waals surface area contributed by atoms with Gasteiger partial charge in [0.15, 0.2) is 5.78 Å². The second-order valence-electron chi connectivity index (χ2n) is 9.03. The highest BCUT2D eigenvalue weighted by Crippen LogP contribution is 2.66. The molecule has 3 heteroatoms. The molecule has 0 spiro atoms. The van der Waals surface area contributed by atoms with Gasteiger partial charge in [-0.05, 0) is 73.2 Å². The Balaban J connectivity index is 1.72. The van der Waals surface area contributed by atoms with Crippen molar-refractivity contribution in [3.8, 4) is 0 Å². The highest BCUT2D eigenvalue weighted by molar-refractivity contribution is 5.91. The van der Waals surface area contributed by atoms with Crippen LogP contribution in [0.15, 0.2) is 23.3 Å². The monoisotopic (exact) mass is 330 g/mol. The molecule has 1 unspecified atom stereocenters. The lowest BCUT2D eigenvalue weighted by atomic mass is 9.46. The highest BCUT2D eigenvalue weighted by atomic mass is 16.3. The number of rotatable bonds is 1. The maximum absolute atomic E-state index is 11.9. The van der Waals surface area contributed by atoms with Crippen molar-refractivity contribution in [3.63, 3.8) is 0 Å². The number of hydrogen-bond donors (Lipinski definition) is 2. The summed E-state index contributed by atoms with van der Waals surface area (Å²) in [6.45, 7) is 4.71. The average Bonchev–Trinajstić information content (AvgIpc) is 2.84. The molecule has 2 N–H and O–H groups in total. The molecule has 0 saturated heterocycles. The molecule has 0 radical (unpaired) electrons. The number of fused-ring (bicyclic) bond motifs is 5. The summed E-state index contributed by atoms with van der Waals surface area (Å²) in [5.74, 6) is 1.71. The Labute approximate surface area is 144 Å². The van der Waals surface area contributed by atoms with E-state index in [4.69, 9.17) is 0 Å². The predicted octanol–water partition coefficient (Wildman–Crippen LogP) is 3.41. The molecule has 24 heavy (non-hydrogen) atoms. The largest absolute Gasteiger partial charge is 0.393 e. The van der Waals surface area contributed by atoms with Gasteiger partial charge in [0.1, 0.15) is 0 Å². The third kappa shape index (κ3) is 2.13. The number of allylic oxidation sites excluding steroid dienone is 2. The Morgan fingerprint density at radius 2 is 2.00 bits per heavy atom. The van der Waals surface area contributed by atoms with Gasteiger partial charge in [-0.3, -0.25) is 4.79 Å². The van der Waals surface area contributed by atoms with E-state index in [-0.39, 0.29) is 35.2 Å². The molecule has 0 heterocycles. The quantitative estimate of drug-likeness (QED) is 0.725. The van der Waals surface area contributed by atoms with Gasteiger partial charge in [-0.1, -0.05) is 31.1 Å². The second-order valence-corrected chi connectivity index (χ2v) is 9.03. The molecule has 0 aromatic rings. The molecular weight excluding hydrogens is 300 g/mol. The molecule has 3 saturated carbocycles. The zero-order chi connectivity index (χ0) is 17.1. The van der Waals surface area contributed by atoms with Gasteiger partial charge in [0.25, 0.3) is 0 Å².